The Bertz CT molecular complexity index is 362. The SMILES string of the molecule is CC(C)(C)OC(=O)N1CC2C(=O)OC(=O)[C@@H]2C1. The Hall–Kier alpha value is -1.59. The maximum absolute atomic E-state index is 11.7. The van der Waals surface area contributed by atoms with Crippen LogP contribution in [-0.2, 0) is 19.1 Å². The third-order valence-corrected chi connectivity index (χ3v) is 2.78. The number of cyclic esters (lactones) is 2. The summed E-state index contributed by atoms with van der Waals surface area (Å²) in [6.45, 7) is 5.69. The summed E-state index contributed by atoms with van der Waals surface area (Å²) in [7, 11) is 0. The lowest BCUT2D eigenvalue weighted by atomic mass is 10.00. The first-order valence-corrected chi connectivity index (χ1v) is 5.51. The topological polar surface area (TPSA) is 72.9 Å². The molecule has 0 saturated carbocycles. The van der Waals surface area contributed by atoms with Crippen LogP contribution >= 0.6 is 0 Å². The van der Waals surface area contributed by atoms with Gasteiger partial charge in [0.15, 0.2) is 0 Å². The molecule has 0 aromatic carbocycles. The summed E-state index contributed by atoms with van der Waals surface area (Å²) in [4.78, 5) is 35.7. The molecule has 0 bridgehead atoms. The van der Waals surface area contributed by atoms with Crippen LogP contribution in [0.25, 0.3) is 0 Å². The molecule has 0 aromatic heterocycles. The molecule has 2 heterocycles. The van der Waals surface area contributed by atoms with Gasteiger partial charge in [0.25, 0.3) is 0 Å². The molecule has 94 valence electrons. The van der Waals surface area contributed by atoms with Gasteiger partial charge in [-0.15, -0.1) is 0 Å². The summed E-state index contributed by atoms with van der Waals surface area (Å²) in [6, 6.07) is 0. The van der Waals surface area contributed by atoms with Crippen molar-refractivity contribution in [2.24, 2.45) is 11.8 Å². The molecule has 0 aliphatic carbocycles. The minimum atomic E-state index is -0.584. The molecule has 2 atom stereocenters. The summed E-state index contributed by atoms with van der Waals surface area (Å²) in [5.74, 6) is -2.11. The number of likely N-dealkylation sites (tertiary alicyclic amines) is 1. The number of rotatable bonds is 0. The molecule has 6 heteroatoms. The quantitative estimate of drug-likeness (QED) is 0.457. The van der Waals surface area contributed by atoms with Crippen LogP contribution in [0.3, 0.4) is 0 Å². The highest BCUT2D eigenvalue weighted by molar-refractivity contribution is 5.97. The maximum Gasteiger partial charge on any atom is 0.410 e. The Morgan fingerprint density at radius 1 is 1.24 bits per heavy atom. The lowest BCUT2D eigenvalue weighted by Crippen LogP contribution is -2.36. The molecule has 2 rings (SSSR count). The summed E-state index contributed by atoms with van der Waals surface area (Å²) >= 11 is 0. The van der Waals surface area contributed by atoms with Crippen molar-refractivity contribution in [1.82, 2.24) is 4.90 Å². The highest BCUT2D eigenvalue weighted by atomic mass is 16.6. The number of ether oxygens (including phenoxy) is 2. The highest BCUT2D eigenvalue weighted by Crippen LogP contribution is 2.32. The summed E-state index contributed by atoms with van der Waals surface area (Å²) in [6.07, 6.45) is -0.493. The van der Waals surface area contributed by atoms with Crippen LogP contribution in [0.2, 0.25) is 0 Å². The van der Waals surface area contributed by atoms with E-state index in [0.717, 1.165) is 0 Å². The lowest BCUT2D eigenvalue weighted by Gasteiger charge is -2.24. The van der Waals surface area contributed by atoms with Gasteiger partial charge in [0, 0.05) is 13.1 Å². The standard InChI is InChI=1S/C11H15NO5/c1-11(2,3)17-10(15)12-4-6-7(5-12)9(14)16-8(6)13/h6-7H,4-5H2,1-3H3/t6-,7?/m1/s1. The van der Waals surface area contributed by atoms with E-state index in [0.29, 0.717) is 0 Å². The Morgan fingerprint density at radius 2 is 1.71 bits per heavy atom. The number of carbonyl (C=O) groups excluding carboxylic acids is 3. The van der Waals surface area contributed by atoms with E-state index < -0.39 is 35.5 Å². The molecular weight excluding hydrogens is 226 g/mol. The number of carbonyl (C=O) groups is 3. The van der Waals surface area contributed by atoms with Crippen molar-refractivity contribution in [2.75, 3.05) is 13.1 Å². The van der Waals surface area contributed by atoms with Crippen LogP contribution in [0.15, 0.2) is 0 Å². The van der Waals surface area contributed by atoms with E-state index in [4.69, 9.17) is 4.74 Å². The Labute approximate surface area is 98.8 Å². The van der Waals surface area contributed by atoms with Gasteiger partial charge >= 0.3 is 18.0 Å². The third kappa shape index (κ3) is 2.25. The minimum absolute atomic E-state index is 0.199. The van der Waals surface area contributed by atoms with Gasteiger partial charge in [-0.05, 0) is 20.8 Å². The number of esters is 2. The predicted octanol–water partition coefficient (Wildman–Crippen LogP) is 0.553. The molecule has 2 saturated heterocycles. The largest absolute Gasteiger partial charge is 0.444 e. The lowest BCUT2D eigenvalue weighted by molar-refractivity contribution is -0.154. The van der Waals surface area contributed by atoms with Crippen molar-refractivity contribution >= 4 is 18.0 Å². The van der Waals surface area contributed by atoms with Crippen LogP contribution in [0.4, 0.5) is 4.79 Å². The molecule has 0 spiro atoms. The number of fused-ring (bicyclic) bond motifs is 1. The van der Waals surface area contributed by atoms with Crippen LogP contribution in [0.1, 0.15) is 20.8 Å². The van der Waals surface area contributed by atoms with E-state index in [9.17, 15) is 14.4 Å². The number of amides is 1. The fourth-order valence-electron chi connectivity index (χ4n) is 2.01. The molecule has 2 fully saturated rings. The van der Waals surface area contributed by atoms with Crippen LogP contribution in [0, 0.1) is 11.8 Å². The summed E-state index contributed by atoms with van der Waals surface area (Å²) in [5, 5.41) is 0. The van der Waals surface area contributed by atoms with Crippen LogP contribution in [-0.4, -0.2) is 41.6 Å². The molecule has 17 heavy (non-hydrogen) atoms. The van der Waals surface area contributed by atoms with Gasteiger partial charge < -0.3 is 14.4 Å². The van der Waals surface area contributed by atoms with Crippen molar-refractivity contribution in [1.29, 1.82) is 0 Å². The second-order valence-electron chi connectivity index (χ2n) is 5.34. The van der Waals surface area contributed by atoms with Gasteiger partial charge in [0.1, 0.15) is 5.60 Å². The first-order valence-electron chi connectivity index (χ1n) is 5.51. The average Bonchev–Trinajstić information content (AvgIpc) is 2.67. The summed E-state index contributed by atoms with van der Waals surface area (Å²) in [5.41, 5.74) is -0.584. The number of nitrogens with zero attached hydrogens (tertiary/aromatic N) is 1. The smallest absolute Gasteiger partial charge is 0.410 e. The van der Waals surface area contributed by atoms with E-state index in [1.54, 1.807) is 20.8 Å². The first-order chi connectivity index (χ1) is 7.78. The Kier molecular flexibility index (Phi) is 2.60. The monoisotopic (exact) mass is 241 g/mol. The molecule has 2 aliphatic heterocycles. The molecular formula is C11H15NO5. The fraction of sp³-hybridized carbons (Fsp3) is 0.727. The van der Waals surface area contributed by atoms with Gasteiger partial charge in [0.2, 0.25) is 0 Å². The van der Waals surface area contributed by atoms with Crippen molar-refractivity contribution in [3.05, 3.63) is 0 Å². The van der Waals surface area contributed by atoms with E-state index in [1.807, 2.05) is 0 Å². The second-order valence-corrected chi connectivity index (χ2v) is 5.34. The first kappa shape index (κ1) is 11.9. The minimum Gasteiger partial charge on any atom is -0.444 e. The average molecular weight is 241 g/mol. The second kappa shape index (κ2) is 3.72. The molecule has 2 aliphatic rings. The van der Waals surface area contributed by atoms with Gasteiger partial charge in [-0.1, -0.05) is 0 Å². The predicted molar refractivity (Wildman–Crippen MR) is 55.9 cm³/mol. The van der Waals surface area contributed by atoms with Gasteiger partial charge in [-0.3, -0.25) is 9.59 Å². The van der Waals surface area contributed by atoms with E-state index in [-0.39, 0.29) is 13.1 Å². The zero-order chi connectivity index (χ0) is 12.8. The molecule has 1 unspecified atom stereocenters. The molecule has 0 aromatic rings. The van der Waals surface area contributed by atoms with Crippen LogP contribution < -0.4 is 0 Å². The zero-order valence-electron chi connectivity index (χ0n) is 10.1. The van der Waals surface area contributed by atoms with E-state index >= 15 is 0 Å². The molecule has 0 N–H and O–H groups in total. The molecule has 1 amide bonds. The summed E-state index contributed by atoms with van der Waals surface area (Å²) < 4.78 is 9.68. The van der Waals surface area contributed by atoms with Crippen LogP contribution in [0.5, 0.6) is 0 Å². The molecule has 0 radical (unpaired) electrons. The third-order valence-electron chi connectivity index (χ3n) is 2.78. The highest BCUT2D eigenvalue weighted by Gasteiger charge is 2.51. The van der Waals surface area contributed by atoms with Gasteiger partial charge in [-0.2, -0.15) is 0 Å². The van der Waals surface area contributed by atoms with E-state index in [2.05, 4.69) is 4.74 Å². The van der Waals surface area contributed by atoms with Crippen molar-refractivity contribution in [3.63, 3.8) is 0 Å². The van der Waals surface area contributed by atoms with E-state index in [1.165, 1.54) is 4.90 Å². The normalized spacial score (nSPS) is 28.1. The Balaban J connectivity index is 2.01. The number of hydrogen-bond acceptors (Lipinski definition) is 5. The fourth-order valence-corrected chi connectivity index (χ4v) is 2.01. The van der Waals surface area contributed by atoms with Crippen molar-refractivity contribution < 1.29 is 23.9 Å². The molecule has 6 nitrogen and oxygen atoms in total. The van der Waals surface area contributed by atoms with Gasteiger partial charge in [-0.25, -0.2) is 4.79 Å². The Morgan fingerprint density at radius 3 is 2.12 bits per heavy atom. The van der Waals surface area contributed by atoms with Crippen molar-refractivity contribution in [3.8, 4) is 0 Å². The maximum atomic E-state index is 11.7. The van der Waals surface area contributed by atoms with Gasteiger partial charge in [0.05, 0.1) is 11.8 Å². The van der Waals surface area contributed by atoms with Crippen molar-refractivity contribution in [2.45, 2.75) is 26.4 Å². The number of hydrogen-bond donors (Lipinski definition) is 0. The zero-order valence-corrected chi connectivity index (χ0v) is 10.1.